The Bertz CT molecular complexity index is 1030. The Kier molecular flexibility index (Phi) is 5.91. The number of fused-ring (bicyclic) bond motifs is 1. The van der Waals surface area contributed by atoms with Crippen LogP contribution in [0.5, 0.6) is 0 Å². The molecule has 2 aromatic rings. The number of amides is 3. The van der Waals surface area contributed by atoms with Crippen molar-refractivity contribution in [2.45, 2.75) is 51.7 Å². The molecule has 0 bridgehead atoms. The van der Waals surface area contributed by atoms with Gasteiger partial charge in [-0.1, -0.05) is 18.2 Å². The molecule has 32 heavy (non-hydrogen) atoms. The highest BCUT2D eigenvalue weighted by atomic mass is 16.6. The highest BCUT2D eigenvalue weighted by Gasteiger charge is 2.36. The first-order valence-corrected chi connectivity index (χ1v) is 11.0. The summed E-state index contributed by atoms with van der Waals surface area (Å²) in [5, 5.41) is 2.87. The van der Waals surface area contributed by atoms with Crippen molar-refractivity contribution in [1.82, 2.24) is 4.90 Å². The number of hydrogen-bond acceptors (Lipinski definition) is 4. The van der Waals surface area contributed by atoms with Crippen molar-refractivity contribution in [3.05, 3.63) is 59.7 Å². The summed E-state index contributed by atoms with van der Waals surface area (Å²) in [6.07, 6.45) is 1.73. The summed E-state index contributed by atoms with van der Waals surface area (Å²) in [6, 6.07) is 14.3. The molecular weight excluding hydrogens is 406 g/mol. The van der Waals surface area contributed by atoms with E-state index in [0.717, 1.165) is 18.5 Å². The largest absolute Gasteiger partial charge is 0.444 e. The predicted octanol–water partition coefficient (Wildman–Crippen LogP) is 4.23. The fourth-order valence-corrected chi connectivity index (χ4v) is 4.21. The van der Waals surface area contributed by atoms with Crippen LogP contribution < -0.4 is 10.2 Å². The Hall–Kier alpha value is -3.35. The number of benzene rings is 2. The minimum absolute atomic E-state index is 0.0558. The fraction of sp³-hybridized carbons (Fsp3) is 0.400. The van der Waals surface area contributed by atoms with Crippen LogP contribution in [-0.2, 0) is 16.0 Å². The quantitative estimate of drug-likeness (QED) is 0.783. The normalized spacial score (nSPS) is 17.8. The van der Waals surface area contributed by atoms with Crippen molar-refractivity contribution in [2.75, 3.05) is 23.3 Å². The highest BCUT2D eigenvalue weighted by Crippen LogP contribution is 2.29. The smallest absolute Gasteiger partial charge is 0.410 e. The number of hydrogen-bond donors (Lipinski definition) is 1. The van der Waals surface area contributed by atoms with E-state index in [-0.39, 0.29) is 11.8 Å². The van der Waals surface area contributed by atoms with Crippen molar-refractivity contribution in [2.24, 2.45) is 0 Å². The van der Waals surface area contributed by atoms with Gasteiger partial charge in [-0.2, -0.15) is 0 Å². The fourth-order valence-electron chi connectivity index (χ4n) is 4.21. The summed E-state index contributed by atoms with van der Waals surface area (Å²) in [7, 11) is 0. The standard InChI is InChI=1S/C25H29N3O4/c1-25(2,3)32-24(31)28-15-6-9-21(28)22(29)26-19-12-10-18(11-13-19)23(30)27-16-14-17-7-4-5-8-20(17)27/h4-5,7-8,10-13,21H,6,9,14-16H2,1-3H3,(H,26,29). The minimum Gasteiger partial charge on any atom is -0.444 e. The number of anilines is 2. The molecule has 0 aliphatic carbocycles. The maximum absolute atomic E-state index is 13.0. The van der Waals surface area contributed by atoms with E-state index in [1.807, 2.05) is 24.3 Å². The second kappa shape index (κ2) is 8.65. The van der Waals surface area contributed by atoms with Gasteiger partial charge in [-0.3, -0.25) is 14.5 Å². The van der Waals surface area contributed by atoms with E-state index in [1.165, 1.54) is 10.5 Å². The summed E-state index contributed by atoms with van der Waals surface area (Å²) in [6.45, 7) is 6.58. The van der Waals surface area contributed by atoms with Crippen LogP contribution in [0.2, 0.25) is 0 Å². The first kappa shape index (κ1) is 21.9. The van der Waals surface area contributed by atoms with Gasteiger partial charge in [-0.25, -0.2) is 4.79 Å². The zero-order valence-corrected chi connectivity index (χ0v) is 18.8. The van der Waals surface area contributed by atoms with Crippen LogP contribution >= 0.6 is 0 Å². The lowest BCUT2D eigenvalue weighted by Crippen LogP contribution is -2.45. The van der Waals surface area contributed by atoms with E-state index < -0.39 is 17.7 Å². The number of carbonyl (C=O) groups is 3. The van der Waals surface area contributed by atoms with Gasteiger partial charge >= 0.3 is 6.09 Å². The van der Waals surface area contributed by atoms with Crippen molar-refractivity contribution in [1.29, 1.82) is 0 Å². The third-order valence-electron chi connectivity index (χ3n) is 5.72. The summed E-state index contributed by atoms with van der Waals surface area (Å²) in [5.74, 6) is -0.305. The first-order valence-electron chi connectivity index (χ1n) is 11.0. The second-order valence-corrected chi connectivity index (χ2v) is 9.23. The van der Waals surface area contributed by atoms with Crippen LogP contribution in [0.15, 0.2) is 48.5 Å². The van der Waals surface area contributed by atoms with Crippen LogP contribution in [0.1, 0.15) is 49.5 Å². The second-order valence-electron chi connectivity index (χ2n) is 9.23. The molecule has 1 saturated heterocycles. The molecule has 0 aromatic heterocycles. The van der Waals surface area contributed by atoms with Crippen LogP contribution in [0.25, 0.3) is 0 Å². The molecule has 4 rings (SSSR count). The van der Waals surface area contributed by atoms with Gasteiger partial charge in [0, 0.05) is 30.0 Å². The third-order valence-corrected chi connectivity index (χ3v) is 5.72. The Labute approximate surface area is 188 Å². The van der Waals surface area contributed by atoms with Gasteiger partial charge in [0.15, 0.2) is 0 Å². The molecule has 1 N–H and O–H groups in total. The van der Waals surface area contributed by atoms with E-state index in [4.69, 9.17) is 4.74 Å². The maximum Gasteiger partial charge on any atom is 0.410 e. The summed E-state index contributed by atoms with van der Waals surface area (Å²) < 4.78 is 5.43. The van der Waals surface area contributed by atoms with Gasteiger partial charge in [0.05, 0.1) is 0 Å². The van der Waals surface area contributed by atoms with Gasteiger partial charge in [-0.15, -0.1) is 0 Å². The lowest BCUT2D eigenvalue weighted by molar-refractivity contribution is -0.120. The molecule has 0 saturated carbocycles. The Morgan fingerprint density at radius 3 is 2.44 bits per heavy atom. The molecule has 2 aromatic carbocycles. The van der Waals surface area contributed by atoms with Gasteiger partial charge in [0.2, 0.25) is 5.91 Å². The molecule has 1 unspecified atom stereocenters. The summed E-state index contributed by atoms with van der Waals surface area (Å²) in [4.78, 5) is 41.5. The zero-order valence-electron chi connectivity index (χ0n) is 18.8. The number of ether oxygens (including phenoxy) is 1. The molecule has 1 atom stereocenters. The lowest BCUT2D eigenvalue weighted by atomic mass is 10.1. The van der Waals surface area contributed by atoms with E-state index in [9.17, 15) is 14.4 Å². The number of likely N-dealkylation sites (tertiary alicyclic amines) is 1. The summed E-state index contributed by atoms with van der Waals surface area (Å²) in [5.41, 5.74) is 2.67. The van der Waals surface area contributed by atoms with Crippen molar-refractivity contribution >= 4 is 29.3 Å². The molecule has 0 radical (unpaired) electrons. The van der Waals surface area contributed by atoms with Crippen LogP contribution in [0.4, 0.5) is 16.2 Å². The zero-order chi connectivity index (χ0) is 22.9. The number of nitrogens with zero attached hydrogens (tertiary/aromatic N) is 2. The monoisotopic (exact) mass is 435 g/mol. The number of rotatable bonds is 3. The Morgan fingerprint density at radius 2 is 1.72 bits per heavy atom. The van der Waals surface area contributed by atoms with Crippen molar-refractivity contribution in [3.8, 4) is 0 Å². The molecule has 0 spiro atoms. The van der Waals surface area contributed by atoms with Gasteiger partial charge in [0.25, 0.3) is 5.91 Å². The Morgan fingerprint density at radius 1 is 1.00 bits per heavy atom. The van der Waals surface area contributed by atoms with Gasteiger partial charge < -0.3 is 15.0 Å². The molecular formula is C25H29N3O4. The van der Waals surface area contributed by atoms with Crippen LogP contribution in [-0.4, -0.2) is 47.5 Å². The number of para-hydroxylation sites is 1. The van der Waals surface area contributed by atoms with Gasteiger partial charge in [-0.05, 0) is 75.9 Å². The van der Waals surface area contributed by atoms with E-state index in [1.54, 1.807) is 49.9 Å². The third kappa shape index (κ3) is 4.61. The van der Waals surface area contributed by atoms with Crippen LogP contribution in [0, 0.1) is 0 Å². The Balaban J connectivity index is 1.40. The molecule has 2 aliphatic heterocycles. The SMILES string of the molecule is CC(C)(C)OC(=O)N1CCCC1C(=O)Nc1ccc(C(=O)N2CCc3ccccc32)cc1. The topological polar surface area (TPSA) is 79.0 Å². The predicted molar refractivity (Wildman–Crippen MR) is 123 cm³/mol. The molecule has 3 amide bonds. The van der Waals surface area contributed by atoms with E-state index >= 15 is 0 Å². The molecule has 2 aliphatic rings. The number of nitrogens with one attached hydrogen (secondary N) is 1. The van der Waals surface area contributed by atoms with Crippen LogP contribution in [0.3, 0.4) is 0 Å². The first-order chi connectivity index (χ1) is 15.2. The summed E-state index contributed by atoms with van der Waals surface area (Å²) >= 11 is 0. The average molecular weight is 436 g/mol. The number of carbonyl (C=O) groups excluding carboxylic acids is 3. The molecule has 7 heteroatoms. The van der Waals surface area contributed by atoms with Gasteiger partial charge in [0.1, 0.15) is 11.6 Å². The lowest BCUT2D eigenvalue weighted by Gasteiger charge is -2.28. The molecule has 2 heterocycles. The van der Waals surface area contributed by atoms with Crippen molar-refractivity contribution in [3.63, 3.8) is 0 Å². The average Bonchev–Trinajstić information content (AvgIpc) is 3.40. The maximum atomic E-state index is 13.0. The molecule has 1 fully saturated rings. The molecule has 7 nitrogen and oxygen atoms in total. The molecule has 168 valence electrons. The van der Waals surface area contributed by atoms with E-state index in [2.05, 4.69) is 5.32 Å². The minimum atomic E-state index is -0.612. The van der Waals surface area contributed by atoms with Crippen molar-refractivity contribution < 1.29 is 19.1 Å². The van der Waals surface area contributed by atoms with E-state index in [0.29, 0.717) is 30.8 Å². The highest BCUT2D eigenvalue weighted by molar-refractivity contribution is 6.07.